The van der Waals surface area contributed by atoms with Crippen LogP contribution in [0.2, 0.25) is 5.02 Å². The quantitative estimate of drug-likeness (QED) is 0.409. The highest BCUT2D eigenvalue weighted by Crippen LogP contribution is 2.28. The zero-order valence-electron chi connectivity index (χ0n) is 10.8. The van der Waals surface area contributed by atoms with Crippen molar-refractivity contribution in [3.05, 3.63) is 56.6 Å². The van der Waals surface area contributed by atoms with Crippen LogP contribution in [-0.2, 0) is 6.42 Å². The SMILES string of the molecule is Fc1c(Cl)cccc1-n1c(CCCl)nc2cc(I)ccc21. The van der Waals surface area contributed by atoms with Crippen LogP contribution in [0.3, 0.4) is 0 Å². The summed E-state index contributed by atoms with van der Waals surface area (Å²) in [4.78, 5) is 4.57. The van der Waals surface area contributed by atoms with Gasteiger partial charge < -0.3 is 0 Å². The van der Waals surface area contributed by atoms with Gasteiger partial charge in [0.05, 0.1) is 21.7 Å². The highest BCUT2D eigenvalue weighted by Gasteiger charge is 2.16. The Bertz CT molecular complexity index is 817. The number of fused-ring (bicyclic) bond motifs is 1. The summed E-state index contributed by atoms with van der Waals surface area (Å²) in [5.41, 5.74) is 2.06. The van der Waals surface area contributed by atoms with Crippen LogP contribution in [0, 0.1) is 9.39 Å². The predicted octanol–water partition coefficient (Wildman–Crippen LogP) is 5.20. The number of alkyl halides is 1. The second kappa shape index (κ2) is 6.10. The smallest absolute Gasteiger partial charge is 0.165 e. The van der Waals surface area contributed by atoms with Gasteiger partial charge in [0.1, 0.15) is 5.82 Å². The Labute approximate surface area is 145 Å². The number of nitrogens with zero attached hydrogens (tertiary/aromatic N) is 2. The Morgan fingerprint density at radius 1 is 1.24 bits per heavy atom. The number of benzene rings is 2. The summed E-state index contributed by atoms with van der Waals surface area (Å²) in [5.74, 6) is 0.693. The second-order valence-electron chi connectivity index (χ2n) is 4.51. The third-order valence-electron chi connectivity index (χ3n) is 3.18. The van der Waals surface area contributed by atoms with Crippen molar-refractivity contribution < 1.29 is 4.39 Å². The summed E-state index contributed by atoms with van der Waals surface area (Å²) in [6.07, 6.45) is 0.554. The highest BCUT2D eigenvalue weighted by molar-refractivity contribution is 14.1. The van der Waals surface area contributed by atoms with Gasteiger partial charge in [-0.2, -0.15) is 0 Å². The summed E-state index contributed by atoms with van der Waals surface area (Å²) >= 11 is 14.0. The molecular weight excluding hydrogens is 425 g/mol. The standard InChI is InChI=1S/C15H10Cl2FIN2/c16-7-6-14-20-11-8-9(19)4-5-12(11)21(14)13-3-1-2-10(17)15(13)18/h1-5,8H,6-7H2. The van der Waals surface area contributed by atoms with E-state index < -0.39 is 5.82 Å². The van der Waals surface area contributed by atoms with Crippen LogP contribution >= 0.6 is 45.8 Å². The van der Waals surface area contributed by atoms with E-state index in [9.17, 15) is 4.39 Å². The van der Waals surface area contributed by atoms with Gasteiger partial charge in [0.15, 0.2) is 5.82 Å². The van der Waals surface area contributed by atoms with Gasteiger partial charge in [0.2, 0.25) is 0 Å². The maximum atomic E-state index is 14.4. The van der Waals surface area contributed by atoms with E-state index in [4.69, 9.17) is 23.2 Å². The van der Waals surface area contributed by atoms with Gasteiger partial charge in [-0.3, -0.25) is 4.57 Å². The van der Waals surface area contributed by atoms with Crippen LogP contribution in [0.5, 0.6) is 0 Å². The molecule has 1 aromatic heterocycles. The summed E-state index contributed by atoms with van der Waals surface area (Å²) < 4.78 is 17.2. The lowest BCUT2D eigenvalue weighted by Crippen LogP contribution is -2.04. The molecule has 1 heterocycles. The Balaban J connectivity index is 2.33. The first-order chi connectivity index (χ1) is 10.1. The molecule has 0 saturated heterocycles. The molecule has 0 atom stereocenters. The fourth-order valence-corrected chi connectivity index (χ4v) is 3.10. The van der Waals surface area contributed by atoms with Gasteiger partial charge >= 0.3 is 0 Å². The summed E-state index contributed by atoms with van der Waals surface area (Å²) in [6.45, 7) is 0. The van der Waals surface area contributed by atoms with Gasteiger partial charge in [-0.05, 0) is 52.9 Å². The first-order valence-corrected chi connectivity index (χ1v) is 8.28. The molecule has 0 aliphatic rings. The maximum Gasteiger partial charge on any atom is 0.165 e. The number of hydrogen-bond acceptors (Lipinski definition) is 1. The van der Waals surface area contributed by atoms with Crippen molar-refractivity contribution in [3.8, 4) is 5.69 Å². The third kappa shape index (κ3) is 2.76. The van der Waals surface area contributed by atoms with Gasteiger partial charge in [-0.15, -0.1) is 11.6 Å². The minimum absolute atomic E-state index is 0.0942. The van der Waals surface area contributed by atoms with Crippen LogP contribution < -0.4 is 0 Å². The summed E-state index contributed by atoms with van der Waals surface area (Å²) in [6, 6.07) is 10.8. The number of imidazole rings is 1. The molecule has 0 unspecified atom stereocenters. The lowest BCUT2D eigenvalue weighted by Gasteiger charge is -2.10. The van der Waals surface area contributed by atoms with Gasteiger partial charge in [0.25, 0.3) is 0 Å². The van der Waals surface area contributed by atoms with Crippen molar-refractivity contribution in [2.75, 3.05) is 5.88 Å². The van der Waals surface area contributed by atoms with Crippen molar-refractivity contribution in [1.82, 2.24) is 9.55 Å². The fraction of sp³-hybridized carbons (Fsp3) is 0.133. The van der Waals surface area contributed by atoms with Crippen molar-refractivity contribution in [1.29, 1.82) is 0 Å². The van der Waals surface area contributed by atoms with E-state index in [1.165, 1.54) is 6.07 Å². The average molecular weight is 435 g/mol. The van der Waals surface area contributed by atoms with E-state index in [2.05, 4.69) is 27.6 Å². The largest absolute Gasteiger partial charge is 0.293 e. The molecule has 2 nitrogen and oxygen atoms in total. The number of hydrogen-bond donors (Lipinski definition) is 0. The van der Waals surface area contributed by atoms with Crippen LogP contribution in [0.25, 0.3) is 16.7 Å². The predicted molar refractivity (Wildman–Crippen MR) is 93.2 cm³/mol. The number of aryl methyl sites for hydroxylation is 1. The molecule has 0 amide bonds. The monoisotopic (exact) mass is 434 g/mol. The van der Waals surface area contributed by atoms with E-state index in [0.29, 0.717) is 18.0 Å². The number of rotatable bonds is 3. The summed E-state index contributed by atoms with van der Waals surface area (Å²) in [7, 11) is 0. The van der Waals surface area contributed by atoms with Crippen molar-refractivity contribution >= 4 is 56.8 Å². The molecule has 0 bridgehead atoms. The van der Waals surface area contributed by atoms with E-state index in [1.54, 1.807) is 16.7 Å². The van der Waals surface area contributed by atoms with Crippen molar-refractivity contribution in [2.24, 2.45) is 0 Å². The van der Waals surface area contributed by atoms with Crippen molar-refractivity contribution in [2.45, 2.75) is 6.42 Å². The molecule has 6 heteroatoms. The molecule has 3 aromatic rings. The Kier molecular flexibility index (Phi) is 4.38. The second-order valence-corrected chi connectivity index (χ2v) is 6.54. The van der Waals surface area contributed by atoms with E-state index >= 15 is 0 Å². The normalized spacial score (nSPS) is 11.2. The molecule has 0 N–H and O–H groups in total. The fourth-order valence-electron chi connectivity index (χ4n) is 2.29. The van der Waals surface area contributed by atoms with Crippen LogP contribution in [0.1, 0.15) is 5.82 Å². The third-order valence-corrected chi connectivity index (χ3v) is 4.33. The summed E-state index contributed by atoms with van der Waals surface area (Å²) in [5, 5.41) is 0.0942. The number of aromatic nitrogens is 2. The van der Waals surface area contributed by atoms with E-state index in [1.807, 2.05) is 18.2 Å². The Morgan fingerprint density at radius 3 is 2.81 bits per heavy atom. The Hall–Kier alpha value is -0.850. The molecule has 0 radical (unpaired) electrons. The molecule has 2 aromatic carbocycles. The van der Waals surface area contributed by atoms with Gasteiger partial charge in [0, 0.05) is 15.9 Å². The average Bonchev–Trinajstić information content (AvgIpc) is 2.79. The highest BCUT2D eigenvalue weighted by atomic mass is 127. The molecule has 21 heavy (non-hydrogen) atoms. The zero-order chi connectivity index (χ0) is 15.0. The first-order valence-electron chi connectivity index (χ1n) is 6.29. The first kappa shape index (κ1) is 15.1. The minimum Gasteiger partial charge on any atom is -0.293 e. The van der Waals surface area contributed by atoms with E-state index in [-0.39, 0.29) is 5.02 Å². The van der Waals surface area contributed by atoms with Crippen LogP contribution in [0.15, 0.2) is 36.4 Å². The molecule has 0 saturated carbocycles. The lowest BCUT2D eigenvalue weighted by atomic mass is 10.2. The molecular formula is C15H10Cl2FIN2. The molecule has 108 valence electrons. The van der Waals surface area contributed by atoms with Crippen molar-refractivity contribution in [3.63, 3.8) is 0 Å². The zero-order valence-corrected chi connectivity index (χ0v) is 14.5. The molecule has 0 fully saturated rings. The van der Waals surface area contributed by atoms with Gasteiger partial charge in [-0.25, -0.2) is 9.37 Å². The number of halogens is 4. The molecule has 0 aliphatic heterocycles. The lowest BCUT2D eigenvalue weighted by molar-refractivity contribution is 0.617. The van der Waals surface area contributed by atoms with Crippen LogP contribution in [-0.4, -0.2) is 15.4 Å². The molecule has 0 spiro atoms. The topological polar surface area (TPSA) is 17.8 Å². The minimum atomic E-state index is -0.451. The molecule has 0 aliphatic carbocycles. The maximum absolute atomic E-state index is 14.4. The van der Waals surface area contributed by atoms with Gasteiger partial charge in [-0.1, -0.05) is 17.7 Å². The molecule has 3 rings (SSSR count). The van der Waals surface area contributed by atoms with Crippen LogP contribution in [0.4, 0.5) is 4.39 Å². The Morgan fingerprint density at radius 2 is 2.05 bits per heavy atom. The van der Waals surface area contributed by atoms with E-state index in [0.717, 1.165) is 20.4 Å².